The van der Waals surface area contributed by atoms with Crippen molar-refractivity contribution in [2.45, 2.75) is 25.8 Å². The highest BCUT2D eigenvalue weighted by atomic mass is 16.5. The van der Waals surface area contributed by atoms with E-state index in [1.807, 2.05) is 6.92 Å². The van der Waals surface area contributed by atoms with Crippen molar-refractivity contribution in [1.82, 2.24) is 15.5 Å². The molecule has 14 heavy (non-hydrogen) atoms. The van der Waals surface area contributed by atoms with Crippen LogP contribution in [0.15, 0.2) is 4.52 Å². The SMILES string of the molecule is CCC[C@H](N)c1nc(C(=O)NC)no1. The topological polar surface area (TPSA) is 94.0 Å². The quantitative estimate of drug-likeness (QED) is 0.722. The zero-order valence-corrected chi connectivity index (χ0v) is 8.28. The number of nitrogens with one attached hydrogen (secondary N) is 1. The minimum absolute atomic E-state index is 0.0223. The summed E-state index contributed by atoms with van der Waals surface area (Å²) in [4.78, 5) is 15.0. The molecule has 1 atom stereocenters. The normalized spacial score (nSPS) is 12.5. The lowest BCUT2D eigenvalue weighted by Gasteiger charge is -2.01. The van der Waals surface area contributed by atoms with Gasteiger partial charge in [-0.2, -0.15) is 4.98 Å². The van der Waals surface area contributed by atoms with E-state index in [2.05, 4.69) is 15.5 Å². The molecule has 0 aliphatic heterocycles. The Hall–Kier alpha value is -1.43. The van der Waals surface area contributed by atoms with Crippen molar-refractivity contribution in [3.63, 3.8) is 0 Å². The zero-order valence-electron chi connectivity index (χ0n) is 8.28. The van der Waals surface area contributed by atoms with Gasteiger partial charge in [-0.1, -0.05) is 18.5 Å². The number of carbonyl (C=O) groups is 1. The van der Waals surface area contributed by atoms with Crippen molar-refractivity contribution in [3.8, 4) is 0 Å². The smallest absolute Gasteiger partial charge is 0.292 e. The van der Waals surface area contributed by atoms with Gasteiger partial charge >= 0.3 is 0 Å². The average Bonchev–Trinajstić information content (AvgIpc) is 2.66. The number of nitrogens with zero attached hydrogens (tertiary/aromatic N) is 2. The maximum atomic E-state index is 11.1. The van der Waals surface area contributed by atoms with Crippen LogP contribution < -0.4 is 11.1 Å². The Morgan fingerprint density at radius 3 is 3.00 bits per heavy atom. The molecule has 1 aromatic heterocycles. The average molecular weight is 198 g/mol. The molecular weight excluding hydrogens is 184 g/mol. The molecule has 0 spiro atoms. The third kappa shape index (κ3) is 2.29. The van der Waals surface area contributed by atoms with Gasteiger partial charge in [0.25, 0.3) is 11.7 Å². The molecule has 0 bridgehead atoms. The minimum Gasteiger partial charge on any atom is -0.352 e. The van der Waals surface area contributed by atoms with Crippen LogP contribution in [0.25, 0.3) is 0 Å². The minimum atomic E-state index is -0.372. The monoisotopic (exact) mass is 198 g/mol. The van der Waals surface area contributed by atoms with Crippen molar-refractivity contribution in [2.75, 3.05) is 7.05 Å². The Balaban J connectivity index is 2.72. The van der Waals surface area contributed by atoms with Crippen LogP contribution in [0.1, 0.15) is 42.3 Å². The zero-order chi connectivity index (χ0) is 10.6. The van der Waals surface area contributed by atoms with Gasteiger partial charge in [-0.15, -0.1) is 0 Å². The highest BCUT2D eigenvalue weighted by Crippen LogP contribution is 2.12. The van der Waals surface area contributed by atoms with E-state index >= 15 is 0 Å². The Morgan fingerprint density at radius 2 is 2.43 bits per heavy atom. The molecule has 78 valence electrons. The molecule has 0 unspecified atom stereocenters. The fourth-order valence-corrected chi connectivity index (χ4v) is 1.02. The molecule has 6 heteroatoms. The summed E-state index contributed by atoms with van der Waals surface area (Å²) in [5.74, 6) is -0.0387. The van der Waals surface area contributed by atoms with Crippen molar-refractivity contribution in [3.05, 3.63) is 11.7 Å². The predicted octanol–water partition coefficient (Wildman–Crippen LogP) is 0.229. The van der Waals surface area contributed by atoms with Gasteiger partial charge in [0, 0.05) is 7.05 Å². The first-order chi connectivity index (χ1) is 6.69. The van der Waals surface area contributed by atoms with E-state index < -0.39 is 0 Å². The van der Waals surface area contributed by atoms with E-state index in [0.29, 0.717) is 5.89 Å². The molecule has 3 N–H and O–H groups in total. The first-order valence-electron chi connectivity index (χ1n) is 4.50. The number of carbonyl (C=O) groups excluding carboxylic acids is 1. The lowest BCUT2D eigenvalue weighted by Crippen LogP contribution is -2.19. The maximum Gasteiger partial charge on any atom is 0.292 e. The predicted molar refractivity (Wildman–Crippen MR) is 49.5 cm³/mol. The van der Waals surface area contributed by atoms with Crippen molar-refractivity contribution in [2.24, 2.45) is 5.73 Å². The van der Waals surface area contributed by atoms with Gasteiger partial charge in [0.1, 0.15) is 0 Å². The van der Waals surface area contributed by atoms with E-state index in [1.165, 1.54) is 7.05 Å². The number of nitrogens with two attached hydrogens (primary N) is 1. The first-order valence-corrected chi connectivity index (χ1v) is 4.50. The van der Waals surface area contributed by atoms with Crippen molar-refractivity contribution >= 4 is 5.91 Å². The summed E-state index contributed by atoms with van der Waals surface area (Å²) in [6, 6.07) is -0.286. The van der Waals surface area contributed by atoms with Gasteiger partial charge in [0.2, 0.25) is 5.89 Å². The molecule has 0 radical (unpaired) electrons. The van der Waals surface area contributed by atoms with E-state index in [-0.39, 0.29) is 17.8 Å². The molecule has 6 nitrogen and oxygen atoms in total. The standard InChI is InChI=1S/C8H14N4O2/c1-3-4-5(9)8-11-6(12-14-8)7(13)10-2/h5H,3-4,9H2,1-2H3,(H,10,13)/t5-/m0/s1. The molecule has 1 aromatic rings. The second-order valence-electron chi connectivity index (χ2n) is 2.93. The summed E-state index contributed by atoms with van der Waals surface area (Å²) >= 11 is 0. The maximum absolute atomic E-state index is 11.1. The van der Waals surface area contributed by atoms with Crippen LogP contribution in [0.5, 0.6) is 0 Å². The second-order valence-corrected chi connectivity index (χ2v) is 2.93. The highest BCUT2D eigenvalue weighted by Gasteiger charge is 2.17. The molecule has 0 aromatic carbocycles. The van der Waals surface area contributed by atoms with Crippen molar-refractivity contribution in [1.29, 1.82) is 0 Å². The largest absolute Gasteiger partial charge is 0.352 e. The molecule has 1 rings (SSSR count). The molecule has 0 aliphatic rings. The highest BCUT2D eigenvalue weighted by molar-refractivity contribution is 5.89. The number of hydrogen-bond acceptors (Lipinski definition) is 5. The first kappa shape index (κ1) is 10.6. The fraction of sp³-hybridized carbons (Fsp3) is 0.625. The lowest BCUT2D eigenvalue weighted by atomic mass is 10.2. The Morgan fingerprint density at radius 1 is 1.71 bits per heavy atom. The summed E-state index contributed by atoms with van der Waals surface area (Å²) in [5.41, 5.74) is 5.73. The number of rotatable bonds is 4. The molecule has 0 fully saturated rings. The van der Waals surface area contributed by atoms with Crippen LogP contribution >= 0.6 is 0 Å². The molecule has 0 saturated heterocycles. The van der Waals surface area contributed by atoms with Gasteiger partial charge < -0.3 is 15.6 Å². The molecule has 1 amide bonds. The number of amides is 1. The Labute approximate surface area is 81.9 Å². The molecule has 0 aliphatic carbocycles. The van der Waals surface area contributed by atoms with E-state index in [1.54, 1.807) is 0 Å². The Kier molecular flexibility index (Phi) is 3.58. The van der Waals surface area contributed by atoms with Crippen molar-refractivity contribution < 1.29 is 9.32 Å². The number of aromatic nitrogens is 2. The number of hydrogen-bond donors (Lipinski definition) is 2. The van der Waals surface area contributed by atoms with Crippen LogP contribution in [-0.4, -0.2) is 23.1 Å². The third-order valence-electron chi connectivity index (χ3n) is 1.79. The molecule has 0 saturated carbocycles. The van der Waals surface area contributed by atoms with Gasteiger partial charge in [-0.3, -0.25) is 4.79 Å². The molecule has 1 heterocycles. The van der Waals surface area contributed by atoms with Gasteiger partial charge in [-0.05, 0) is 6.42 Å². The summed E-state index contributed by atoms with van der Waals surface area (Å²) in [7, 11) is 1.50. The van der Waals surface area contributed by atoms with Crippen LogP contribution in [0.3, 0.4) is 0 Å². The Bertz CT molecular complexity index is 310. The van der Waals surface area contributed by atoms with E-state index in [4.69, 9.17) is 10.3 Å². The summed E-state index contributed by atoms with van der Waals surface area (Å²) in [6.07, 6.45) is 1.69. The lowest BCUT2D eigenvalue weighted by molar-refractivity contribution is 0.0950. The van der Waals surface area contributed by atoms with E-state index in [0.717, 1.165) is 12.8 Å². The summed E-state index contributed by atoms with van der Waals surface area (Å²) in [6.45, 7) is 2.01. The van der Waals surface area contributed by atoms with Gasteiger partial charge in [0.05, 0.1) is 6.04 Å². The van der Waals surface area contributed by atoms with Crippen LogP contribution in [-0.2, 0) is 0 Å². The van der Waals surface area contributed by atoms with Crippen LogP contribution in [0.2, 0.25) is 0 Å². The van der Waals surface area contributed by atoms with Crippen LogP contribution in [0.4, 0.5) is 0 Å². The summed E-state index contributed by atoms with van der Waals surface area (Å²) < 4.78 is 4.86. The third-order valence-corrected chi connectivity index (χ3v) is 1.79. The summed E-state index contributed by atoms with van der Waals surface area (Å²) in [5, 5.41) is 5.91. The molecular formula is C8H14N4O2. The van der Waals surface area contributed by atoms with Crippen LogP contribution in [0, 0.1) is 0 Å². The van der Waals surface area contributed by atoms with Gasteiger partial charge in [0.15, 0.2) is 0 Å². The van der Waals surface area contributed by atoms with Gasteiger partial charge in [-0.25, -0.2) is 0 Å². The fourth-order valence-electron chi connectivity index (χ4n) is 1.02. The second kappa shape index (κ2) is 4.71. The van der Waals surface area contributed by atoms with E-state index in [9.17, 15) is 4.79 Å².